The van der Waals surface area contributed by atoms with Gasteiger partial charge in [-0.25, -0.2) is 10.8 Å². The van der Waals surface area contributed by atoms with Crippen LogP contribution in [0.2, 0.25) is 0 Å². The summed E-state index contributed by atoms with van der Waals surface area (Å²) in [5, 5.41) is 1.80. The number of carbonyl (C=O) groups excluding carboxylic acids is 1. The molecule has 6 heteroatoms. The van der Waals surface area contributed by atoms with Crippen LogP contribution in [0.1, 0.15) is 10.4 Å². The van der Waals surface area contributed by atoms with Crippen LogP contribution in [0.5, 0.6) is 5.75 Å². The molecule has 0 aliphatic carbocycles. The topological polar surface area (TPSA) is 93.0 Å². The molecule has 2 heterocycles. The minimum atomic E-state index is -0.0949. The highest BCUT2D eigenvalue weighted by Crippen LogP contribution is 2.25. The normalized spacial score (nSPS) is 10.9. The van der Waals surface area contributed by atoms with Crippen LogP contribution in [0, 0.1) is 0 Å². The molecule has 0 unspecified atom stereocenters. The lowest BCUT2D eigenvalue weighted by Gasteiger charge is -2.09. The maximum absolute atomic E-state index is 12.6. The van der Waals surface area contributed by atoms with Crippen molar-refractivity contribution < 1.29 is 9.53 Å². The molecule has 0 amide bonds. The molecule has 4 aromatic rings. The maximum Gasteiger partial charge on any atom is 0.202 e. The summed E-state index contributed by atoms with van der Waals surface area (Å²) < 4.78 is 5.76. The quantitative estimate of drug-likeness (QED) is 0.296. The van der Waals surface area contributed by atoms with Gasteiger partial charge in [-0.1, -0.05) is 30.3 Å². The molecular weight excluding hydrogens is 316 g/mol. The van der Waals surface area contributed by atoms with Gasteiger partial charge < -0.3 is 15.1 Å². The molecule has 0 spiro atoms. The Morgan fingerprint density at radius 2 is 2.00 bits per heavy atom. The molecule has 0 bridgehead atoms. The number of rotatable bonds is 5. The molecule has 4 rings (SSSR count). The Kier molecular flexibility index (Phi) is 3.80. The number of benzene rings is 2. The van der Waals surface area contributed by atoms with Crippen LogP contribution >= 0.6 is 0 Å². The van der Waals surface area contributed by atoms with Gasteiger partial charge in [-0.15, -0.1) is 0 Å². The number of Topliss-reactive ketones (excluding diaryl/α,β-unsaturated/α-hetero) is 1. The van der Waals surface area contributed by atoms with Crippen molar-refractivity contribution in [3.05, 3.63) is 66.4 Å². The first-order chi connectivity index (χ1) is 12.3. The minimum absolute atomic E-state index is 0.0665. The number of nitrogen functional groups attached to an aromatic ring is 1. The summed E-state index contributed by atoms with van der Waals surface area (Å²) in [5.41, 5.74) is 4.72. The number of aromatic amines is 1. The van der Waals surface area contributed by atoms with Gasteiger partial charge in [0.1, 0.15) is 17.1 Å². The highest BCUT2D eigenvalue weighted by molar-refractivity contribution is 6.08. The number of ether oxygens (including phenoxy) is 1. The summed E-state index contributed by atoms with van der Waals surface area (Å²) in [5.74, 6) is 6.40. The predicted octanol–water partition coefficient (Wildman–Crippen LogP) is 3.26. The molecule has 0 fully saturated rings. The maximum atomic E-state index is 12.6. The number of fused-ring (bicyclic) bond motifs is 2. The average molecular weight is 332 g/mol. The van der Waals surface area contributed by atoms with Gasteiger partial charge in [0.05, 0.1) is 0 Å². The zero-order valence-electron chi connectivity index (χ0n) is 13.3. The Hall–Kier alpha value is -3.38. The number of hydrazine groups is 1. The number of pyridine rings is 1. The standard InChI is InChI=1S/C19H16N4O2/c20-23-18-9-8-12-4-3-7-17(19(12)22-18)25-11-16(24)14-10-21-15-6-2-1-5-13(14)15/h1-10,21H,11,20H2,(H,22,23). The molecule has 124 valence electrons. The van der Waals surface area contributed by atoms with Gasteiger partial charge >= 0.3 is 0 Å². The SMILES string of the molecule is NNc1ccc2cccc(OCC(=O)c3c[nH]c4ccccc34)c2n1. The number of nitrogens with one attached hydrogen (secondary N) is 2. The highest BCUT2D eigenvalue weighted by atomic mass is 16.5. The summed E-state index contributed by atoms with van der Waals surface area (Å²) in [6.07, 6.45) is 1.72. The first kappa shape index (κ1) is 15.2. The van der Waals surface area contributed by atoms with E-state index in [0.717, 1.165) is 16.3 Å². The Balaban J connectivity index is 1.61. The van der Waals surface area contributed by atoms with E-state index in [0.29, 0.717) is 22.6 Å². The van der Waals surface area contributed by atoms with Crippen molar-refractivity contribution in [3.63, 3.8) is 0 Å². The largest absolute Gasteiger partial charge is 0.483 e. The van der Waals surface area contributed by atoms with Gasteiger partial charge in [0.25, 0.3) is 0 Å². The number of ketones is 1. The zero-order chi connectivity index (χ0) is 17.2. The molecule has 0 saturated heterocycles. The van der Waals surface area contributed by atoms with Gasteiger partial charge in [-0.05, 0) is 24.3 Å². The molecule has 0 aliphatic rings. The Morgan fingerprint density at radius 1 is 1.12 bits per heavy atom. The van der Waals surface area contributed by atoms with Gasteiger partial charge in [0, 0.05) is 28.0 Å². The van der Waals surface area contributed by atoms with Crippen molar-refractivity contribution in [3.8, 4) is 5.75 Å². The van der Waals surface area contributed by atoms with E-state index < -0.39 is 0 Å². The van der Waals surface area contributed by atoms with E-state index in [-0.39, 0.29) is 12.4 Å². The number of H-pyrrole nitrogens is 1. The number of nitrogens with two attached hydrogens (primary N) is 1. The third-order valence-corrected chi connectivity index (χ3v) is 4.08. The Morgan fingerprint density at radius 3 is 2.88 bits per heavy atom. The zero-order valence-corrected chi connectivity index (χ0v) is 13.3. The Bertz CT molecular complexity index is 1070. The van der Waals surface area contributed by atoms with E-state index in [4.69, 9.17) is 10.6 Å². The van der Waals surface area contributed by atoms with Crippen molar-refractivity contribution in [2.45, 2.75) is 0 Å². The lowest BCUT2D eigenvalue weighted by Crippen LogP contribution is -2.12. The van der Waals surface area contributed by atoms with Gasteiger partial charge in [-0.3, -0.25) is 4.79 Å². The third kappa shape index (κ3) is 2.79. The van der Waals surface area contributed by atoms with Crippen LogP contribution in [0.25, 0.3) is 21.8 Å². The molecule has 0 saturated carbocycles. The van der Waals surface area contributed by atoms with Gasteiger partial charge in [-0.2, -0.15) is 0 Å². The molecule has 25 heavy (non-hydrogen) atoms. The van der Waals surface area contributed by atoms with E-state index in [9.17, 15) is 4.79 Å². The third-order valence-electron chi connectivity index (χ3n) is 4.08. The van der Waals surface area contributed by atoms with Crippen molar-refractivity contribution in [2.75, 3.05) is 12.0 Å². The van der Waals surface area contributed by atoms with E-state index >= 15 is 0 Å². The number of anilines is 1. The second kappa shape index (κ2) is 6.26. The molecule has 6 nitrogen and oxygen atoms in total. The average Bonchev–Trinajstić information content (AvgIpc) is 3.10. The summed E-state index contributed by atoms with van der Waals surface area (Å²) in [6.45, 7) is -0.0665. The molecule has 0 aliphatic heterocycles. The molecule has 2 aromatic heterocycles. The molecular formula is C19H16N4O2. The second-order valence-electron chi connectivity index (χ2n) is 5.63. The minimum Gasteiger partial charge on any atom is -0.483 e. The number of hydrogen-bond acceptors (Lipinski definition) is 5. The van der Waals surface area contributed by atoms with E-state index in [1.54, 1.807) is 18.3 Å². The van der Waals surface area contributed by atoms with Crippen LogP contribution in [-0.4, -0.2) is 22.4 Å². The van der Waals surface area contributed by atoms with Crippen molar-refractivity contribution in [1.82, 2.24) is 9.97 Å². The fraction of sp³-hybridized carbons (Fsp3) is 0.0526. The van der Waals surface area contributed by atoms with Crippen molar-refractivity contribution >= 4 is 33.4 Å². The predicted molar refractivity (Wildman–Crippen MR) is 97.7 cm³/mol. The number of carbonyl (C=O) groups is 1. The van der Waals surface area contributed by atoms with Crippen LogP contribution in [0.15, 0.2) is 60.8 Å². The second-order valence-corrected chi connectivity index (χ2v) is 5.63. The van der Waals surface area contributed by atoms with Crippen molar-refractivity contribution in [1.29, 1.82) is 0 Å². The summed E-state index contributed by atoms with van der Waals surface area (Å²) >= 11 is 0. The summed E-state index contributed by atoms with van der Waals surface area (Å²) in [6, 6.07) is 16.9. The number of para-hydroxylation sites is 2. The molecule has 0 radical (unpaired) electrons. The first-order valence-electron chi connectivity index (χ1n) is 7.85. The first-order valence-corrected chi connectivity index (χ1v) is 7.85. The highest BCUT2D eigenvalue weighted by Gasteiger charge is 2.13. The van der Waals surface area contributed by atoms with Crippen LogP contribution in [-0.2, 0) is 0 Å². The molecule has 2 aromatic carbocycles. The van der Waals surface area contributed by atoms with Crippen LogP contribution in [0.3, 0.4) is 0 Å². The molecule has 0 atom stereocenters. The number of hydrogen-bond donors (Lipinski definition) is 3. The number of aromatic nitrogens is 2. The van der Waals surface area contributed by atoms with Crippen LogP contribution in [0.4, 0.5) is 5.82 Å². The van der Waals surface area contributed by atoms with Gasteiger partial charge in [0.2, 0.25) is 5.78 Å². The van der Waals surface area contributed by atoms with Crippen LogP contribution < -0.4 is 16.0 Å². The summed E-state index contributed by atoms with van der Waals surface area (Å²) in [4.78, 5) is 20.1. The lowest BCUT2D eigenvalue weighted by molar-refractivity contribution is 0.0924. The fourth-order valence-electron chi connectivity index (χ4n) is 2.84. The van der Waals surface area contributed by atoms with E-state index in [2.05, 4.69) is 15.4 Å². The van der Waals surface area contributed by atoms with Crippen molar-refractivity contribution in [2.24, 2.45) is 5.84 Å². The monoisotopic (exact) mass is 332 g/mol. The summed E-state index contributed by atoms with van der Waals surface area (Å²) in [7, 11) is 0. The number of nitrogens with zero attached hydrogens (tertiary/aromatic N) is 1. The van der Waals surface area contributed by atoms with E-state index in [1.165, 1.54) is 0 Å². The smallest absolute Gasteiger partial charge is 0.202 e. The fourth-order valence-corrected chi connectivity index (χ4v) is 2.84. The van der Waals surface area contributed by atoms with E-state index in [1.807, 2.05) is 42.5 Å². The molecule has 4 N–H and O–H groups in total. The lowest BCUT2D eigenvalue weighted by atomic mass is 10.1. The van der Waals surface area contributed by atoms with Gasteiger partial charge in [0.15, 0.2) is 6.61 Å². The Labute approximate surface area is 143 Å².